The molecule has 3 N–H and O–H groups in total. The van der Waals surface area contributed by atoms with E-state index in [0.717, 1.165) is 24.8 Å². The van der Waals surface area contributed by atoms with Gasteiger partial charge in [0.1, 0.15) is 0 Å². The van der Waals surface area contributed by atoms with Crippen molar-refractivity contribution in [1.82, 2.24) is 5.32 Å². The summed E-state index contributed by atoms with van der Waals surface area (Å²) in [5, 5.41) is 3.21. The molecule has 3 heteroatoms. The van der Waals surface area contributed by atoms with Crippen molar-refractivity contribution in [1.29, 1.82) is 0 Å². The smallest absolute Gasteiger partial charge is 0.188 e. The van der Waals surface area contributed by atoms with Gasteiger partial charge in [0.25, 0.3) is 0 Å². The van der Waals surface area contributed by atoms with Gasteiger partial charge in [-0.3, -0.25) is 4.99 Å². The Hall–Kier alpha value is -0.730. The summed E-state index contributed by atoms with van der Waals surface area (Å²) < 4.78 is 0. The maximum absolute atomic E-state index is 5.85. The molecule has 0 amide bonds. The number of guanidine groups is 1. The van der Waals surface area contributed by atoms with Gasteiger partial charge in [0.2, 0.25) is 0 Å². The van der Waals surface area contributed by atoms with Gasteiger partial charge in [0.05, 0.1) is 0 Å². The number of nitrogens with zero attached hydrogens (tertiary/aromatic N) is 1. The molecule has 3 nitrogen and oxygen atoms in total. The van der Waals surface area contributed by atoms with Gasteiger partial charge in [0.15, 0.2) is 5.96 Å². The number of hydrogen-bond donors (Lipinski definition) is 2. The molecule has 16 heavy (non-hydrogen) atoms. The zero-order chi connectivity index (χ0) is 12.0. The average molecular weight is 225 g/mol. The molecule has 1 aliphatic carbocycles. The van der Waals surface area contributed by atoms with Gasteiger partial charge in [-0.15, -0.1) is 0 Å². The van der Waals surface area contributed by atoms with Crippen LogP contribution in [0.25, 0.3) is 0 Å². The van der Waals surface area contributed by atoms with Gasteiger partial charge >= 0.3 is 0 Å². The highest BCUT2D eigenvalue weighted by Crippen LogP contribution is 2.29. The van der Waals surface area contributed by atoms with Crippen LogP contribution in [0.1, 0.15) is 52.9 Å². The Bertz CT molecular complexity index is 225. The highest BCUT2D eigenvalue weighted by molar-refractivity contribution is 5.78. The molecule has 1 aliphatic rings. The molecule has 0 bridgehead atoms. The van der Waals surface area contributed by atoms with E-state index in [2.05, 4.69) is 31.1 Å². The van der Waals surface area contributed by atoms with Crippen molar-refractivity contribution in [2.24, 2.45) is 22.6 Å². The van der Waals surface area contributed by atoms with E-state index in [9.17, 15) is 0 Å². The molecule has 3 unspecified atom stereocenters. The zero-order valence-electron chi connectivity index (χ0n) is 11.0. The Kier molecular flexibility index (Phi) is 5.64. The first-order valence-corrected chi connectivity index (χ1v) is 6.70. The van der Waals surface area contributed by atoms with Crippen molar-refractivity contribution in [2.75, 3.05) is 6.54 Å². The van der Waals surface area contributed by atoms with Crippen LogP contribution in [0.4, 0.5) is 0 Å². The normalized spacial score (nSPS) is 28.8. The minimum absolute atomic E-state index is 0.424. The summed E-state index contributed by atoms with van der Waals surface area (Å²) in [6.07, 6.45) is 6.52. The Balaban J connectivity index is 2.33. The fourth-order valence-electron chi connectivity index (χ4n) is 2.28. The predicted molar refractivity (Wildman–Crippen MR) is 70.5 cm³/mol. The Morgan fingerprint density at radius 2 is 2.12 bits per heavy atom. The van der Waals surface area contributed by atoms with E-state index >= 15 is 0 Å². The highest BCUT2D eigenvalue weighted by Gasteiger charge is 2.20. The minimum Gasteiger partial charge on any atom is -0.370 e. The zero-order valence-corrected chi connectivity index (χ0v) is 11.0. The maximum atomic E-state index is 5.85. The van der Waals surface area contributed by atoms with E-state index < -0.39 is 0 Å². The first kappa shape index (κ1) is 13.3. The lowest BCUT2D eigenvalue weighted by Gasteiger charge is -2.27. The second-order valence-corrected chi connectivity index (χ2v) is 5.20. The second kappa shape index (κ2) is 6.77. The number of nitrogens with two attached hydrogens (primary N) is 1. The molecule has 1 rings (SSSR count). The van der Waals surface area contributed by atoms with Gasteiger partial charge in [-0.05, 0) is 31.6 Å². The predicted octanol–water partition coefficient (Wildman–Crippen LogP) is 2.52. The summed E-state index contributed by atoms with van der Waals surface area (Å²) in [5.74, 6) is 2.17. The lowest BCUT2D eigenvalue weighted by atomic mass is 9.80. The minimum atomic E-state index is 0.424. The van der Waals surface area contributed by atoms with Crippen LogP contribution in [0.5, 0.6) is 0 Å². The van der Waals surface area contributed by atoms with Crippen LogP contribution in [0.15, 0.2) is 4.99 Å². The molecule has 1 fully saturated rings. The molecule has 0 aromatic carbocycles. The highest BCUT2D eigenvalue weighted by atomic mass is 15.1. The SMILES string of the molecule is CCC(C)NC(N)=NCC1CCCCC1C. The van der Waals surface area contributed by atoms with Gasteiger partial charge in [-0.2, -0.15) is 0 Å². The Morgan fingerprint density at radius 3 is 2.75 bits per heavy atom. The summed E-state index contributed by atoms with van der Waals surface area (Å²) in [4.78, 5) is 4.47. The third-order valence-corrected chi connectivity index (χ3v) is 3.79. The fraction of sp³-hybridized carbons (Fsp3) is 0.923. The molecule has 94 valence electrons. The van der Waals surface area contributed by atoms with E-state index in [4.69, 9.17) is 5.73 Å². The lowest BCUT2D eigenvalue weighted by Crippen LogP contribution is -2.38. The topological polar surface area (TPSA) is 50.4 Å². The van der Waals surface area contributed by atoms with Crippen LogP contribution in [0.2, 0.25) is 0 Å². The van der Waals surface area contributed by atoms with Crippen LogP contribution in [0, 0.1) is 11.8 Å². The number of hydrogen-bond acceptors (Lipinski definition) is 1. The molecule has 0 spiro atoms. The van der Waals surface area contributed by atoms with Crippen molar-refractivity contribution < 1.29 is 0 Å². The van der Waals surface area contributed by atoms with Crippen molar-refractivity contribution in [3.63, 3.8) is 0 Å². The van der Waals surface area contributed by atoms with E-state index in [-0.39, 0.29) is 0 Å². The summed E-state index contributed by atoms with van der Waals surface area (Å²) in [5.41, 5.74) is 5.85. The number of rotatable bonds is 4. The number of aliphatic imine (C=N–C) groups is 1. The van der Waals surface area contributed by atoms with Gasteiger partial charge in [0, 0.05) is 12.6 Å². The summed E-state index contributed by atoms with van der Waals surface area (Å²) in [6, 6.07) is 0.424. The first-order chi connectivity index (χ1) is 7.63. The average Bonchev–Trinajstić information content (AvgIpc) is 2.28. The summed E-state index contributed by atoms with van der Waals surface area (Å²) in [7, 11) is 0. The molecular formula is C13H27N3. The van der Waals surface area contributed by atoms with E-state index in [1.807, 2.05) is 0 Å². The molecule has 0 aliphatic heterocycles. The van der Waals surface area contributed by atoms with Crippen LogP contribution in [-0.4, -0.2) is 18.5 Å². The van der Waals surface area contributed by atoms with Crippen LogP contribution >= 0.6 is 0 Å². The lowest BCUT2D eigenvalue weighted by molar-refractivity contribution is 0.263. The van der Waals surface area contributed by atoms with Gasteiger partial charge in [-0.25, -0.2) is 0 Å². The monoisotopic (exact) mass is 225 g/mol. The second-order valence-electron chi connectivity index (χ2n) is 5.20. The molecule has 0 heterocycles. The molecular weight excluding hydrogens is 198 g/mol. The van der Waals surface area contributed by atoms with Crippen molar-refractivity contribution in [2.45, 2.75) is 58.9 Å². The Labute approximate surface area is 99.9 Å². The Morgan fingerprint density at radius 1 is 1.44 bits per heavy atom. The van der Waals surface area contributed by atoms with Crippen molar-refractivity contribution in [3.05, 3.63) is 0 Å². The van der Waals surface area contributed by atoms with Gasteiger partial charge in [-0.1, -0.05) is 33.1 Å². The molecule has 0 aromatic heterocycles. The van der Waals surface area contributed by atoms with Crippen molar-refractivity contribution >= 4 is 5.96 Å². The van der Waals surface area contributed by atoms with E-state index in [1.54, 1.807) is 0 Å². The van der Waals surface area contributed by atoms with E-state index in [0.29, 0.717) is 12.0 Å². The first-order valence-electron chi connectivity index (χ1n) is 6.70. The standard InChI is InChI=1S/C13H27N3/c1-4-11(3)16-13(14)15-9-12-8-6-5-7-10(12)2/h10-12H,4-9H2,1-3H3,(H3,14,15,16). The third kappa shape index (κ3) is 4.42. The quantitative estimate of drug-likeness (QED) is 0.570. The van der Waals surface area contributed by atoms with Crippen LogP contribution in [-0.2, 0) is 0 Å². The third-order valence-electron chi connectivity index (χ3n) is 3.79. The van der Waals surface area contributed by atoms with Gasteiger partial charge < -0.3 is 11.1 Å². The molecule has 0 aromatic rings. The van der Waals surface area contributed by atoms with E-state index in [1.165, 1.54) is 25.7 Å². The fourth-order valence-corrected chi connectivity index (χ4v) is 2.28. The maximum Gasteiger partial charge on any atom is 0.188 e. The molecule has 0 radical (unpaired) electrons. The molecule has 1 saturated carbocycles. The van der Waals surface area contributed by atoms with Crippen LogP contribution in [0.3, 0.4) is 0 Å². The summed E-state index contributed by atoms with van der Waals surface area (Å²) in [6.45, 7) is 7.52. The van der Waals surface area contributed by atoms with Crippen LogP contribution < -0.4 is 11.1 Å². The number of nitrogens with one attached hydrogen (secondary N) is 1. The molecule has 0 saturated heterocycles. The summed E-state index contributed by atoms with van der Waals surface area (Å²) >= 11 is 0. The largest absolute Gasteiger partial charge is 0.370 e. The van der Waals surface area contributed by atoms with Crippen molar-refractivity contribution in [3.8, 4) is 0 Å². The molecule has 3 atom stereocenters.